The first-order valence-corrected chi connectivity index (χ1v) is 10.3. The van der Waals surface area contributed by atoms with Crippen LogP contribution in [0, 0.1) is 5.92 Å². The van der Waals surface area contributed by atoms with Crippen LogP contribution in [0.25, 0.3) is 0 Å². The van der Waals surface area contributed by atoms with Gasteiger partial charge < -0.3 is 20.6 Å². The van der Waals surface area contributed by atoms with Crippen molar-refractivity contribution in [2.24, 2.45) is 5.92 Å². The Morgan fingerprint density at radius 2 is 1.93 bits per heavy atom. The zero-order chi connectivity index (χ0) is 19.7. The van der Waals surface area contributed by atoms with Gasteiger partial charge in [0, 0.05) is 51.9 Å². The number of H-pyrrole nitrogens is 1. The van der Waals surface area contributed by atoms with Crippen LogP contribution in [0.4, 0.5) is 11.8 Å². The average Bonchev–Trinajstić information content (AvgIpc) is 2.61. The summed E-state index contributed by atoms with van der Waals surface area (Å²) in [6.07, 6.45) is 5.04. The topological polar surface area (TPSA) is 119 Å². The van der Waals surface area contributed by atoms with Crippen molar-refractivity contribution >= 4 is 17.7 Å². The molecule has 4 rings (SSSR count). The highest BCUT2D eigenvalue weighted by Crippen LogP contribution is 2.31. The molecule has 1 unspecified atom stereocenters. The second kappa shape index (κ2) is 7.71. The lowest BCUT2D eigenvalue weighted by molar-refractivity contribution is -0.160. The van der Waals surface area contributed by atoms with E-state index in [9.17, 15) is 14.7 Å². The number of rotatable bonds is 5. The maximum Gasteiger partial charge on any atom is 0.255 e. The number of aliphatic hydroxyl groups is 1. The van der Waals surface area contributed by atoms with E-state index in [4.69, 9.17) is 5.73 Å². The molecular formula is C19H30N6O3. The maximum atomic E-state index is 12.9. The van der Waals surface area contributed by atoms with Crippen LogP contribution in [-0.2, 0) is 4.79 Å². The minimum Gasteiger partial charge on any atom is -0.379 e. The monoisotopic (exact) mass is 390 g/mol. The smallest absolute Gasteiger partial charge is 0.255 e. The first-order chi connectivity index (χ1) is 13.4. The number of anilines is 2. The van der Waals surface area contributed by atoms with Crippen molar-refractivity contribution in [2.75, 3.05) is 56.4 Å². The SMILES string of the molecule is Nc1nc(N2CCN(CC3(O)CCCN(CC4CCC4)C3=O)CC2)cc(=O)[nH]1. The number of β-amino-alcohol motifs (C(OH)–C–C–N with tert-alkyl or cyclic N) is 1. The number of nitrogens with one attached hydrogen (secondary N) is 1. The number of likely N-dealkylation sites (tertiary alicyclic amines) is 1. The van der Waals surface area contributed by atoms with E-state index in [2.05, 4.69) is 14.9 Å². The molecule has 9 heteroatoms. The number of hydrogen-bond donors (Lipinski definition) is 3. The number of piperazine rings is 1. The van der Waals surface area contributed by atoms with E-state index in [-0.39, 0.29) is 17.4 Å². The number of carbonyl (C=O) groups excluding carboxylic acids is 1. The molecule has 0 bridgehead atoms. The van der Waals surface area contributed by atoms with Gasteiger partial charge >= 0.3 is 0 Å². The van der Waals surface area contributed by atoms with Gasteiger partial charge in [-0.25, -0.2) is 0 Å². The zero-order valence-corrected chi connectivity index (χ0v) is 16.3. The molecule has 2 saturated heterocycles. The molecule has 0 aromatic carbocycles. The van der Waals surface area contributed by atoms with Crippen LogP contribution in [0.1, 0.15) is 32.1 Å². The van der Waals surface area contributed by atoms with Crippen LogP contribution < -0.4 is 16.2 Å². The molecule has 1 aromatic heterocycles. The lowest BCUT2D eigenvalue weighted by atomic mass is 9.83. The Hall–Kier alpha value is -2.13. The van der Waals surface area contributed by atoms with Gasteiger partial charge in [0.25, 0.3) is 11.5 Å². The Morgan fingerprint density at radius 1 is 1.18 bits per heavy atom. The molecule has 4 N–H and O–H groups in total. The molecule has 154 valence electrons. The minimum atomic E-state index is -1.28. The van der Waals surface area contributed by atoms with Crippen molar-refractivity contribution in [2.45, 2.75) is 37.7 Å². The Bertz CT molecular complexity index is 771. The van der Waals surface area contributed by atoms with Crippen LogP contribution in [0.2, 0.25) is 0 Å². The Labute approximate surface area is 164 Å². The highest BCUT2D eigenvalue weighted by atomic mass is 16.3. The number of aromatic nitrogens is 2. The van der Waals surface area contributed by atoms with E-state index in [1.165, 1.54) is 25.3 Å². The molecule has 28 heavy (non-hydrogen) atoms. The lowest BCUT2D eigenvalue weighted by Gasteiger charge is -2.44. The number of hydrogen-bond acceptors (Lipinski definition) is 7. The standard InChI is InChI=1S/C19H30N6O3/c20-18-21-15(11-16(26)22-18)24-9-7-23(8-10-24)13-19(28)5-2-6-25(17(19)27)12-14-3-1-4-14/h11,14,28H,1-10,12-13H2,(H3,20,21,22,26). The quantitative estimate of drug-likeness (QED) is 0.627. The molecular weight excluding hydrogens is 360 g/mol. The summed E-state index contributed by atoms with van der Waals surface area (Å²) in [6, 6.07) is 1.45. The Kier molecular flexibility index (Phi) is 5.29. The summed E-state index contributed by atoms with van der Waals surface area (Å²) < 4.78 is 0. The average molecular weight is 390 g/mol. The first-order valence-electron chi connectivity index (χ1n) is 10.3. The molecule has 1 amide bonds. The first kappa shape index (κ1) is 19.2. The summed E-state index contributed by atoms with van der Waals surface area (Å²) in [6.45, 7) is 4.68. The molecule has 1 saturated carbocycles. The predicted molar refractivity (Wildman–Crippen MR) is 106 cm³/mol. The molecule has 9 nitrogen and oxygen atoms in total. The van der Waals surface area contributed by atoms with Gasteiger partial charge in [-0.3, -0.25) is 19.5 Å². The molecule has 1 aromatic rings. The largest absolute Gasteiger partial charge is 0.379 e. The summed E-state index contributed by atoms with van der Waals surface area (Å²) in [5.74, 6) is 1.19. The summed E-state index contributed by atoms with van der Waals surface area (Å²) in [4.78, 5) is 37.2. The Morgan fingerprint density at radius 3 is 2.57 bits per heavy atom. The summed E-state index contributed by atoms with van der Waals surface area (Å²) in [5.41, 5.74) is 4.09. The normalized spacial score (nSPS) is 27.1. The van der Waals surface area contributed by atoms with Gasteiger partial charge in [0.15, 0.2) is 5.60 Å². The van der Waals surface area contributed by atoms with Crippen molar-refractivity contribution in [1.29, 1.82) is 0 Å². The summed E-state index contributed by atoms with van der Waals surface area (Å²) in [5, 5.41) is 11.1. The van der Waals surface area contributed by atoms with Gasteiger partial charge in [-0.2, -0.15) is 4.98 Å². The third kappa shape index (κ3) is 4.00. The van der Waals surface area contributed by atoms with Gasteiger partial charge in [0.05, 0.1) is 0 Å². The van der Waals surface area contributed by atoms with Gasteiger partial charge in [-0.15, -0.1) is 0 Å². The van der Waals surface area contributed by atoms with Crippen LogP contribution in [-0.4, -0.2) is 82.2 Å². The number of nitrogens with two attached hydrogens (primary N) is 1. The maximum absolute atomic E-state index is 12.9. The third-order valence-corrected chi connectivity index (χ3v) is 6.33. The summed E-state index contributed by atoms with van der Waals surface area (Å²) >= 11 is 0. The van der Waals surface area contributed by atoms with E-state index in [1.807, 2.05) is 9.80 Å². The number of carbonyl (C=O) groups is 1. The second-order valence-corrected chi connectivity index (χ2v) is 8.44. The van der Waals surface area contributed by atoms with Crippen LogP contribution in [0.3, 0.4) is 0 Å². The van der Waals surface area contributed by atoms with Gasteiger partial charge in [0.1, 0.15) is 5.82 Å². The second-order valence-electron chi connectivity index (χ2n) is 8.44. The van der Waals surface area contributed by atoms with Gasteiger partial charge in [-0.1, -0.05) is 6.42 Å². The minimum absolute atomic E-state index is 0.0999. The van der Waals surface area contributed by atoms with E-state index in [1.54, 1.807) is 0 Å². The van der Waals surface area contributed by atoms with Crippen LogP contribution in [0.15, 0.2) is 10.9 Å². The summed E-state index contributed by atoms with van der Waals surface area (Å²) in [7, 11) is 0. The van der Waals surface area contributed by atoms with E-state index >= 15 is 0 Å². The molecule has 1 aliphatic carbocycles. The Balaban J connectivity index is 1.34. The molecule has 2 aliphatic heterocycles. The van der Waals surface area contributed by atoms with Gasteiger partial charge in [0.2, 0.25) is 5.95 Å². The number of piperidine rings is 1. The highest BCUT2D eigenvalue weighted by molar-refractivity contribution is 5.86. The number of aromatic amines is 1. The molecule has 3 aliphatic rings. The van der Waals surface area contributed by atoms with Crippen molar-refractivity contribution in [3.8, 4) is 0 Å². The fourth-order valence-corrected chi connectivity index (χ4v) is 4.50. The highest BCUT2D eigenvalue weighted by Gasteiger charge is 2.44. The number of nitrogen functional groups attached to an aromatic ring is 1. The lowest BCUT2D eigenvalue weighted by Crippen LogP contribution is -2.61. The van der Waals surface area contributed by atoms with Crippen LogP contribution >= 0.6 is 0 Å². The predicted octanol–water partition coefficient (Wildman–Crippen LogP) is -0.372. The molecule has 1 atom stereocenters. The molecule has 0 radical (unpaired) electrons. The van der Waals surface area contributed by atoms with Crippen molar-refractivity contribution in [1.82, 2.24) is 19.8 Å². The van der Waals surface area contributed by atoms with Crippen molar-refractivity contribution in [3.63, 3.8) is 0 Å². The molecule has 3 heterocycles. The number of amides is 1. The fourth-order valence-electron chi connectivity index (χ4n) is 4.50. The van der Waals surface area contributed by atoms with Crippen molar-refractivity contribution in [3.05, 3.63) is 16.4 Å². The fraction of sp³-hybridized carbons (Fsp3) is 0.737. The molecule has 0 spiro atoms. The van der Waals surface area contributed by atoms with E-state index in [0.717, 1.165) is 19.5 Å². The van der Waals surface area contributed by atoms with E-state index < -0.39 is 5.60 Å². The number of nitrogens with zero attached hydrogens (tertiary/aromatic N) is 4. The molecule has 3 fully saturated rings. The zero-order valence-electron chi connectivity index (χ0n) is 16.3. The van der Waals surface area contributed by atoms with E-state index in [0.29, 0.717) is 50.9 Å². The van der Waals surface area contributed by atoms with Crippen molar-refractivity contribution < 1.29 is 9.90 Å². The third-order valence-electron chi connectivity index (χ3n) is 6.33. The van der Waals surface area contributed by atoms with Gasteiger partial charge in [-0.05, 0) is 31.6 Å². The van der Waals surface area contributed by atoms with Crippen LogP contribution in [0.5, 0.6) is 0 Å².